The predicted molar refractivity (Wildman–Crippen MR) is 83.2 cm³/mol. The molecule has 0 radical (unpaired) electrons. The third-order valence-electron chi connectivity index (χ3n) is 3.80. The summed E-state index contributed by atoms with van der Waals surface area (Å²) < 4.78 is 5.29. The van der Waals surface area contributed by atoms with Crippen LogP contribution in [0.5, 0.6) is 5.75 Å². The van der Waals surface area contributed by atoms with Crippen molar-refractivity contribution in [2.75, 3.05) is 13.7 Å². The fourth-order valence-corrected chi connectivity index (χ4v) is 2.94. The number of hydrogen-bond acceptors (Lipinski definition) is 3. The molecule has 0 spiro atoms. The highest BCUT2D eigenvalue weighted by Crippen LogP contribution is 2.30. The zero-order chi connectivity index (χ0) is 14.8. The second kappa shape index (κ2) is 5.88. The summed E-state index contributed by atoms with van der Waals surface area (Å²) in [6.45, 7) is 0.788. The van der Waals surface area contributed by atoms with Gasteiger partial charge in [-0.1, -0.05) is 35.9 Å². The molecule has 21 heavy (non-hydrogen) atoms. The van der Waals surface area contributed by atoms with Crippen LogP contribution in [0.1, 0.15) is 27.5 Å². The van der Waals surface area contributed by atoms with Crippen molar-refractivity contribution in [3.63, 3.8) is 0 Å². The van der Waals surface area contributed by atoms with E-state index in [1.54, 1.807) is 25.3 Å². The first-order valence-corrected chi connectivity index (χ1v) is 7.27. The fourth-order valence-electron chi connectivity index (χ4n) is 2.77. The molecular formula is C17H16ClNO2. The molecular weight excluding hydrogens is 286 g/mol. The third-order valence-corrected chi connectivity index (χ3v) is 4.03. The molecule has 1 aliphatic heterocycles. The molecule has 1 atom stereocenters. The molecule has 1 heterocycles. The summed E-state index contributed by atoms with van der Waals surface area (Å²) in [7, 11) is 1.56. The van der Waals surface area contributed by atoms with Crippen LogP contribution in [0.15, 0.2) is 42.5 Å². The number of Topliss-reactive ketones (excluding diaryl/α,β-unsaturated/α-hetero) is 1. The average Bonchev–Trinajstić information content (AvgIpc) is 2.53. The van der Waals surface area contributed by atoms with E-state index < -0.39 is 0 Å². The Bertz CT molecular complexity index is 684. The first-order chi connectivity index (χ1) is 10.2. The van der Waals surface area contributed by atoms with E-state index in [-0.39, 0.29) is 11.8 Å². The molecule has 108 valence electrons. The van der Waals surface area contributed by atoms with Gasteiger partial charge in [0, 0.05) is 11.6 Å². The summed E-state index contributed by atoms with van der Waals surface area (Å²) in [6.07, 6.45) is 0.937. The zero-order valence-electron chi connectivity index (χ0n) is 11.7. The number of carbonyl (C=O) groups is 1. The van der Waals surface area contributed by atoms with Gasteiger partial charge < -0.3 is 10.1 Å². The third kappa shape index (κ3) is 2.67. The SMILES string of the molecule is COc1ccc(Cl)cc1C(=O)C1NCCc2ccccc21. The highest BCUT2D eigenvalue weighted by molar-refractivity contribution is 6.31. The molecule has 0 amide bonds. The van der Waals surface area contributed by atoms with Crippen molar-refractivity contribution in [3.05, 3.63) is 64.2 Å². The molecule has 0 aliphatic carbocycles. The highest BCUT2D eigenvalue weighted by atomic mass is 35.5. The van der Waals surface area contributed by atoms with Crippen molar-refractivity contribution >= 4 is 17.4 Å². The summed E-state index contributed by atoms with van der Waals surface area (Å²) in [5, 5.41) is 3.83. The van der Waals surface area contributed by atoms with Crippen LogP contribution in [0.25, 0.3) is 0 Å². The number of methoxy groups -OCH3 is 1. The van der Waals surface area contributed by atoms with Crippen molar-refractivity contribution in [2.24, 2.45) is 0 Å². The van der Waals surface area contributed by atoms with Crippen molar-refractivity contribution < 1.29 is 9.53 Å². The van der Waals surface area contributed by atoms with Gasteiger partial charge in [-0.05, 0) is 35.7 Å². The zero-order valence-corrected chi connectivity index (χ0v) is 12.5. The minimum atomic E-state index is -0.345. The number of hydrogen-bond donors (Lipinski definition) is 1. The normalized spacial score (nSPS) is 17.1. The highest BCUT2D eigenvalue weighted by Gasteiger charge is 2.28. The van der Waals surface area contributed by atoms with Crippen LogP contribution in [0.2, 0.25) is 5.02 Å². The van der Waals surface area contributed by atoms with E-state index in [9.17, 15) is 4.79 Å². The standard InChI is InChI=1S/C17H16ClNO2/c1-21-15-7-6-12(18)10-14(15)17(20)16-13-5-3-2-4-11(13)8-9-19-16/h2-7,10,16,19H,8-9H2,1H3. The summed E-state index contributed by atoms with van der Waals surface area (Å²) in [5.41, 5.74) is 2.77. The molecule has 1 N–H and O–H groups in total. The summed E-state index contributed by atoms with van der Waals surface area (Å²) in [6, 6.07) is 12.8. The van der Waals surface area contributed by atoms with E-state index in [0.717, 1.165) is 18.5 Å². The lowest BCUT2D eigenvalue weighted by Gasteiger charge is -2.26. The molecule has 2 aromatic rings. The summed E-state index contributed by atoms with van der Waals surface area (Å²) >= 11 is 6.03. The molecule has 4 heteroatoms. The molecule has 2 aromatic carbocycles. The number of rotatable bonds is 3. The lowest BCUT2D eigenvalue weighted by atomic mass is 9.89. The van der Waals surface area contributed by atoms with Gasteiger partial charge in [-0.25, -0.2) is 0 Å². The molecule has 3 rings (SSSR count). The molecule has 0 saturated carbocycles. The molecule has 1 unspecified atom stereocenters. The molecule has 0 saturated heterocycles. The maximum atomic E-state index is 12.9. The van der Waals surface area contributed by atoms with Gasteiger partial charge >= 0.3 is 0 Å². The Morgan fingerprint density at radius 1 is 1.29 bits per heavy atom. The monoisotopic (exact) mass is 301 g/mol. The molecule has 1 aliphatic rings. The Hall–Kier alpha value is -1.84. The minimum absolute atomic E-state index is 0.0125. The predicted octanol–water partition coefficient (Wildman–Crippen LogP) is 3.42. The van der Waals surface area contributed by atoms with E-state index in [2.05, 4.69) is 11.4 Å². The maximum Gasteiger partial charge on any atom is 0.188 e. The van der Waals surface area contributed by atoms with Crippen molar-refractivity contribution in [1.29, 1.82) is 0 Å². The van der Waals surface area contributed by atoms with E-state index in [4.69, 9.17) is 16.3 Å². The Labute approximate surface area is 128 Å². The lowest BCUT2D eigenvalue weighted by molar-refractivity contribution is 0.0936. The van der Waals surface area contributed by atoms with E-state index in [1.165, 1.54) is 5.56 Å². The van der Waals surface area contributed by atoms with Gasteiger partial charge in [0.15, 0.2) is 5.78 Å². The number of halogens is 1. The van der Waals surface area contributed by atoms with Crippen LogP contribution in [-0.4, -0.2) is 19.4 Å². The van der Waals surface area contributed by atoms with Gasteiger partial charge in [-0.3, -0.25) is 4.79 Å². The Morgan fingerprint density at radius 3 is 2.90 bits per heavy atom. The first kappa shape index (κ1) is 14.1. The quantitative estimate of drug-likeness (QED) is 0.883. The Morgan fingerprint density at radius 2 is 2.10 bits per heavy atom. The molecule has 3 nitrogen and oxygen atoms in total. The van der Waals surface area contributed by atoms with Crippen LogP contribution in [0, 0.1) is 0 Å². The topological polar surface area (TPSA) is 38.3 Å². The second-order valence-electron chi connectivity index (χ2n) is 5.04. The number of ketones is 1. The number of carbonyl (C=O) groups excluding carboxylic acids is 1. The number of benzene rings is 2. The van der Waals surface area contributed by atoms with E-state index in [1.807, 2.05) is 18.2 Å². The Balaban J connectivity index is 2.02. The van der Waals surface area contributed by atoms with Gasteiger partial charge in [0.05, 0.1) is 18.7 Å². The largest absolute Gasteiger partial charge is 0.496 e. The average molecular weight is 302 g/mol. The first-order valence-electron chi connectivity index (χ1n) is 6.89. The molecule has 0 bridgehead atoms. The van der Waals surface area contributed by atoms with Gasteiger partial charge in [-0.15, -0.1) is 0 Å². The van der Waals surface area contributed by atoms with Gasteiger partial charge in [0.1, 0.15) is 5.75 Å². The van der Waals surface area contributed by atoms with Crippen molar-refractivity contribution in [3.8, 4) is 5.75 Å². The van der Waals surface area contributed by atoms with Gasteiger partial charge in [-0.2, -0.15) is 0 Å². The van der Waals surface area contributed by atoms with Crippen LogP contribution >= 0.6 is 11.6 Å². The lowest BCUT2D eigenvalue weighted by Crippen LogP contribution is -2.35. The van der Waals surface area contributed by atoms with Crippen LogP contribution < -0.4 is 10.1 Å². The minimum Gasteiger partial charge on any atom is -0.496 e. The second-order valence-corrected chi connectivity index (χ2v) is 5.48. The number of nitrogens with one attached hydrogen (secondary N) is 1. The van der Waals surface area contributed by atoms with Gasteiger partial charge in [0.25, 0.3) is 0 Å². The van der Waals surface area contributed by atoms with Crippen molar-refractivity contribution in [1.82, 2.24) is 5.32 Å². The van der Waals surface area contributed by atoms with Crippen LogP contribution in [-0.2, 0) is 6.42 Å². The van der Waals surface area contributed by atoms with Crippen molar-refractivity contribution in [2.45, 2.75) is 12.5 Å². The summed E-state index contributed by atoms with van der Waals surface area (Å²) in [4.78, 5) is 12.9. The smallest absolute Gasteiger partial charge is 0.188 e. The van der Waals surface area contributed by atoms with E-state index >= 15 is 0 Å². The Kier molecular flexibility index (Phi) is 3.95. The van der Waals surface area contributed by atoms with E-state index in [0.29, 0.717) is 16.3 Å². The number of fused-ring (bicyclic) bond motifs is 1. The maximum absolute atomic E-state index is 12.9. The number of ether oxygens (including phenoxy) is 1. The fraction of sp³-hybridized carbons (Fsp3) is 0.235. The van der Waals surface area contributed by atoms with Crippen LogP contribution in [0.3, 0.4) is 0 Å². The molecule has 0 fully saturated rings. The summed E-state index contributed by atoms with van der Waals surface area (Å²) in [5.74, 6) is 0.538. The van der Waals surface area contributed by atoms with Gasteiger partial charge in [0.2, 0.25) is 0 Å². The van der Waals surface area contributed by atoms with Crippen LogP contribution in [0.4, 0.5) is 0 Å². The molecule has 0 aromatic heterocycles.